The van der Waals surface area contributed by atoms with Gasteiger partial charge in [0.05, 0.1) is 10.6 Å². The maximum Gasteiger partial charge on any atom is 0.271 e. The largest absolute Gasteiger partial charge is 0.306 e. The molecular formula is C23H26ClN3O3S. The van der Waals surface area contributed by atoms with Gasteiger partial charge in [0.1, 0.15) is 9.94 Å². The predicted molar refractivity (Wildman–Crippen MR) is 124 cm³/mol. The number of carbonyl (C=O) groups excluding carboxylic acids is 1. The lowest BCUT2D eigenvalue weighted by Crippen LogP contribution is -2.45. The molecule has 6 nitrogen and oxygen atoms in total. The summed E-state index contributed by atoms with van der Waals surface area (Å²) in [7, 11) is -1.86. The van der Waals surface area contributed by atoms with Crippen molar-refractivity contribution in [2.45, 2.75) is 11.3 Å². The highest BCUT2D eigenvalue weighted by Gasteiger charge is 2.37. The van der Waals surface area contributed by atoms with Crippen molar-refractivity contribution in [3.63, 3.8) is 0 Å². The number of fused-ring (bicyclic) bond motifs is 1. The van der Waals surface area contributed by atoms with Gasteiger partial charge in [-0.05, 0) is 37.7 Å². The Balaban J connectivity index is 1.67. The van der Waals surface area contributed by atoms with Gasteiger partial charge >= 0.3 is 0 Å². The maximum atomic E-state index is 13.5. The first-order valence-electron chi connectivity index (χ1n) is 10.4. The first-order valence-corrected chi connectivity index (χ1v) is 12.3. The number of piperazine rings is 1. The zero-order valence-electron chi connectivity index (χ0n) is 17.5. The third-order valence-corrected chi connectivity index (χ3v) is 8.20. The molecule has 0 aliphatic carbocycles. The number of rotatable bonds is 5. The zero-order chi connectivity index (χ0) is 22.0. The Hall–Kier alpha value is -2.19. The van der Waals surface area contributed by atoms with Crippen LogP contribution in [0.5, 0.6) is 0 Å². The van der Waals surface area contributed by atoms with Gasteiger partial charge in [0.15, 0.2) is 0 Å². The number of anilines is 1. The molecule has 0 saturated carbocycles. The molecular weight excluding hydrogens is 434 g/mol. The second kappa shape index (κ2) is 9.12. The number of halogens is 1. The minimum atomic E-state index is -3.97. The molecule has 2 heterocycles. The Morgan fingerprint density at radius 3 is 2.26 bits per heavy atom. The number of nitrogens with zero attached hydrogens (tertiary/aromatic N) is 3. The highest BCUT2D eigenvalue weighted by atomic mass is 35.5. The van der Waals surface area contributed by atoms with E-state index in [1.165, 1.54) is 4.90 Å². The summed E-state index contributed by atoms with van der Waals surface area (Å²) in [6.45, 7) is 5.29. The van der Waals surface area contributed by atoms with E-state index in [0.29, 0.717) is 17.8 Å². The molecule has 1 fully saturated rings. The molecule has 0 atom stereocenters. The fourth-order valence-corrected chi connectivity index (χ4v) is 6.29. The first kappa shape index (κ1) is 22.0. The van der Waals surface area contributed by atoms with Gasteiger partial charge in [-0.15, -0.1) is 0 Å². The first-order chi connectivity index (χ1) is 14.9. The van der Waals surface area contributed by atoms with Crippen molar-refractivity contribution in [3.05, 3.63) is 65.2 Å². The number of likely N-dealkylation sites (N-methyl/N-ethyl adjacent to an activating group) is 1. The quantitative estimate of drug-likeness (QED) is 0.687. The summed E-state index contributed by atoms with van der Waals surface area (Å²) in [5, 5.41) is -0.262. The standard InChI is InChI=1S/C23H26ClN3O3S/c1-25-14-16-26(17-15-25)12-7-13-27-19-10-5-6-11-20(19)31(29,30)22(21(24)23(27)28)18-8-3-2-4-9-18/h2-6,8-11H,7,12-17H2,1H3. The summed E-state index contributed by atoms with van der Waals surface area (Å²) in [4.78, 5) is 19.5. The second-order valence-corrected chi connectivity index (χ2v) is 10.2. The van der Waals surface area contributed by atoms with E-state index >= 15 is 0 Å². The summed E-state index contributed by atoms with van der Waals surface area (Å²) in [5.41, 5.74) is 0.796. The predicted octanol–water partition coefficient (Wildman–Crippen LogP) is 3.05. The Labute approximate surface area is 188 Å². The molecule has 0 unspecified atom stereocenters. The second-order valence-electron chi connectivity index (χ2n) is 7.94. The van der Waals surface area contributed by atoms with E-state index in [0.717, 1.165) is 39.1 Å². The van der Waals surface area contributed by atoms with Gasteiger partial charge in [-0.2, -0.15) is 0 Å². The number of para-hydroxylation sites is 1. The molecule has 2 aliphatic rings. The number of carbonyl (C=O) groups is 1. The fourth-order valence-electron chi connectivity index (χ4n) is 4.08. The average molecular weight is 460 g/mol. The van der Waals surface area contributed by atoms with Crippen LogP contribution in [0.2, 0.25) is 0 Å². The van der Waals surface area contributed by atoms with Gasteiger partial charge in [-0.3, -0.25) is 4.79 Å². The van der Waals surface area contributed by atoms with Crippen LogP contribution in [-0.2, 0) is 14.6 Å². The fraction of sp³-hybridized carbons (Fsp3) is 0.348. The smallest absolute Gasteiger partial charge is 0.271 e. The Kier molecular flexibility index (Phi) is 6.48. The molecule has 2 aromatic rings. The van der Waals surface area contributed by atoms with E-state index in [-0.39, 0.29) is 14.8 Å². The minimum absolute atomic E-state index is 0.109. The SMILES string of the molecule is CN1CCN(CCCN2C(=O)C(Cl)=C(c3ccccc3)S(=O)(=O)c3ccccc32)CC1. The van der Waals surface area contributed by atoms with Gasteiger partial charge in [0.25, 0.3) is 5.91 Å². The molecule has 8 heteroatoms. The Morgan fingerprint density at radius 2 is 1.55 bits per heavy atom. The van der Waals surface area contributed by atoms with E-state index in [2.05, 4.69) is 16.8 Å². The molecule has 164 valence electrons. The van der Waals surface area contributed by atoms with Crippen molar-refractivity contribution in [2.75, 3.05) is 51.2 Å². The summed E-state index contributed by atoms with van der Waals surface area (Å²) in [6, 6.07) is 15.2. The van der Waals surface area contributed by atoms with Crippen molar-refractivity contribution in [2.24, 2.45) is 0 Å². The van der Waals surface area contributed by atoms with Crippen LogP contribution >= 0.6 is 11.6 Å². The summed E-state index contributed by atoms with van der Waals surface area (Å²) < 4.78 is 27.1. The molecule has 0 bridgehead atoms. The van der Waals surface area contributed by atoms with Crippen LogP contribution in [0.15, 0.2) is 64.5 Å². The van der Waals surface area contributed by atoms with Crippen LogP contribution in [0.3, 0.4) is 0 Å². The molecule has 1 amide bonds. The lowest BCUT2D eigenvalue weighted by Gasteiger charge is -2.33. The molecule has 0 radical (unpaired) electrons. The average Bonchev–Trinajstić information content (AvgIpc) is 2.83. The van der Waals surface area contributed by atoms with Gasteiger partial charge in [-0.25, -0.2) is 8.42 Å². The minimum Gasteiger partial charge on any atom is -0.306 e. The normalized spacial score (nSPS) is 19.9. The van der Waals surface area contributed by atoms with Crippen LogP contribution in [-0.4, -0.2) is 70.4 Å². The number of benzene rings is 2. The molecule has 4 rings (SSSR count). The van der Waals surface area contributed by atoms with E-state index in [1.807, 2.05) is 0 Å². The number of amides is 1. The van der Waals surface area contributed by atoms with Crippen molar-refractivity contribution in [1.82, 2.24) is 9.80 Å². The van der Waals surface area contributed by atoms with Crippen LogP contribution in [0.1, 0.15) is 12.0 Å². The summed E-state index contributed by atoms with van der Waals surface area (Å²) in [6.07, 6.45) is 0.731. The summed E-state index contributed by atoms with van der Waals surface area (Å²) >= 11 is 6.48. The topological polar surface area (TPSA) is 60.9 Å². The molecule has 31 heavy (non-hydrogen) atoms. The van der Waals surface area contributed by atoms with Crippen molar-refractivity contribution < 1.29 is 13.2 Å². The Bertz CT molecular complexity index is 1090. The van der Waals surface area contributed by atoms with E-state index in [9.17, 15) is 13.2 Å². The monoisotopic (exact) mass is 459 g/mol. The zero-order valence-corrected chi connectivity index (χ0v) is 19.1. The van der Waals surface area contributed by atoms with Crippen LogP contribution < -0.4 is 4.90 Å². The van der Waals surface area contributed by atoms with Crippen molar-refractivity contribution in [1.29, 1.82) is 0 Å². The third kappa shape index (κ3) is 4.41. The van der Waals surface area contributed by atoms with E-state index < -0.39 is 15.7 Å². The van der Waals surface area contributed by atoms with Gasteiger partial charge < -0.3 is 14.7 Å². The van der Waals surface area contributed by atoms with Crippen LogP contribution in [0.4, 0.5) is 5.69 Å². The van der Waals surface area contributed by atoms with Gasteiger partial charge in [0.2, 0.25) is 9.84 Å². The highest BCUT2D eigenvalue weighted by Crippen LogP contribution is 2.41. The molecule has 1 saturated heterocycles. The number of hydrogen-bond donors (Lipinski definition) is 0. The molecule has 2 aliphatic heterocycles. The van der Waals surface area contributed by atoms with E-state index in [4.69, 9.17) is 11.6 Å². The number of hydrogen-bond acceptors (Lipinski definition) is 5. The van der Waals surface area contributed by atoms with Crippen molar-refractivity contribution in [3.8, 4) is 0 Å². The Morgan fingerprint density at radius 1 is 0.903 bits per heavy atom. The molecule has 2 aromatic carbocycles. The highest BCUT2D eigenvalue weighted by molar-refractivity contribution is 8.01. The maximum absolute atomic E-state index is 13.5. The lowest BCUT2D eigenvalue weighted by atomic mass is 10.2. The van der Waals surface area contributed by atoms with E-state index in [1.54, 1.807) is 54.6 Å². The van der Waals surface area contributed by atoms with Gasteiger partial charge in [0, 0.05) is 32.7 Å². The molecule has 0 N–H and O–H groups in total. The number of sulfone groups is 1. The van der Waals surface area contributed by atoms with Crippen LogP contribution in [0, 0.1) is 0 Å². The summed E-state index contributed by atoms with van der Waals surface area (Å²) in [5.74, 6) is -0.479. The molecule has 0 spiro atoms. The lowest BCUT2D eigenvalue weighted by molar-refractivity contribution is -0.114. The van der Waals surface area contributed by atoms with Gasteiger partial charge in [-0.1, -0.05) is 54.1 Å². The third-order valence-electron chi connectivity index (χ3n) is 5.83. The molecule has 0 aromatic heterocycles. The van der Waals surface area contributed by atoms with Crippen molar-refractivity contribution >= 4 is 37.9 Å². The van der Waals surface area contributed by atoms with Crippen LogP contribution in [0.25, 0.3) is 4.91 Å².